The molecule has 3 rings (SSSR count). The van der Waals surface area contributed by atoms with Crippen LogP contribution in [0.3, 0.4) is 0 Å². The fraction of sp³-hybridized carbons (Fsp3) is 0.188. The highest BCUT2D eigenvalue weighted by Crippen LogP contribution is 2.17. The van der Waals surface area contributed by atoms with Crippen molar-refractivity contribution in [3.63, 3.8) is 0 Å². The fourth-order valence-electron chi connectivity index (χ4n) is 2.15. The van der Waals surface area contributed by atoms with Gasteiger partial charge in [0.1, 0.15) is 11.6 Å². The Balaban J connectivity index is 1.72. The summed E-state index contributed by atoms with van der Waals surface area (Å²) >= 11 is 0. The van der Waals surface area contributed by atoms with Crippen LogP contribution in [0.15, 0.2) is 42.5 Å². The van der Waals surface area contributed by atoms with Crippen molar-refractivity contribution in [3.8, 4) is 5.75 Å². The fourth-order valence-corrected chi connectivity index (χ4v) is 2.15. The van der Waals surface area contributed by atoms with E-state index in [9.17, 15) is 0 Å². The molecule has 0 fully saturated rings. The second-order valence-electron chi connectivity index (χ2n) is 4.79. The number of H-pyrrole nitrogens is 1. The van der Waals surface area contributed by atoms with Crippen LogP contribution in [0.1, 0.15) is 11.4 Å². The summed E-state index contributed by atoms with van der Waals surface area (Å²) in [4.78, 5) is 7.89. The molecule has 0 radical (unpaired) electrons. The number of benzene rings is 2. The Kier molecular flexibility index (Phi) is 3.29. The van der Waals surface area contributed by atoms with Gasteiger partial charge in [-0.05, 0) is 48.9 Å². The monoisotopic (exact) mass is 267 g/mol. The first-order valence-corrected chi connectivity index (χ1v) is 6.58. The van der Waals surface area contributed by atoms with Crippen LogP contribution in [-0.4, -0.2) is 17.1 Å². The Morgan fingerprint density at radius 1 is 1.15 bits per heavy atom. The summed E-state index contributed by atoms with van der Waals surface area (Å²) in [7, 11) is 1.67. The van der Waals surface area contributed by atoms with Crippen molar-refractivity contribution in [2.75, 3.05) is 12.4 Å². The molecule has 4 nitrogen and oxygen atoms in total. The number of hydrogen-bond donors (Lipinski definition) is 2. The van der Waals surface area contributed by atoms with E-state index in [-0.39, 0.29) is 0 Å². The zero-order valence-corrected chi connectivity index (χ0v) is 11.6. The van der Waals surface area contributed by atoms with Crippen LogP contribution in [0.4, 0.5) is 5.69 Å². The summed E-state index contributed by atoms with van der Waals surface area (Å²) in [6.45, 7) is 2.75. The van der Waals surface area contributed by atoms with E-state index in [1.807, 2.05) is 30.3 Å². The van der Waals surface area contributed by atoms with E-state index in [1.165, 1.54) is 5.56 Å². The molecule has 2 N–H and O–H groups in total. The summed E-state index contributed by atoms with van der Waals surface area (Å²) in [5, 5.41) is 3.34. The van der Waals surface area contributed by atoms with Gasteiger partial charge in [0.15, 0.2) is 0 Å². The third-order valence-corrected chi connectivity index (χ3v) is 3.24. The predicted molar refractivity (Wildman–Crippen MR) is 81.2 cm³/mol. The third-order valence-electron chi connectivity index (χ3n) is 3.24. The van der Waals surface area contributed by atoms with Crippen molar-refractivity contribution in [1.82, 2.24) is 9.97 Å². The highest BCUT2D eigenvalue weighted by atomic mass is 16.5. The predicted octanol–water partition coefficient (Wildman–Crippen LogP) is 3.49. The molecule has 1 heterocycles. The van der Waals surface area contributed by atoms with E-state index in [0.717, 1.165) is 28.3 Å². The average Bonchev–Trinajstić information content (AvgIpc) is 2.87. The number of aromatic amines is 1. The molecular formula is C16H17N3O. The number of fused-ring (bicyclic) bond motifs is 1. The largest absolute Gasteiger partial charge is 0.497 e. The Hall–Kier alpha value is -2.49. The maximum atomic E-state index is 5.14. The molecule has 0 aliphatic rings. The summed E-state index contributed by atoms with van der Waals surface area (Å²) in [5.41, 5.74) is 4.36. The molecule has 0 spiro atoms. The number of ether oxygens (including phenoxy) is 1. The normalized spacial score (nSPS) is 10.7. The molecular weight excluding hydrogens is 250 g/mol. The van der Waals surface area contributed by atoms with Gasteiger partial charge in [0.2, 0.25) is 0 Å². The van der Waals surface area contributed by atoms with Gasteiger partial charge in [0, 0.05) is 5.69 Å². The van der Waals surface area contributed by atoms with Crippen molar-refractivity contribution in [2.24, 2.45) is 0 Å². The summed E-state index contributed by atoms with van der Waals surface area (Å²) < 4.78 is 5.14. The molecule has 0 amide bonds. The molecule has 0 saturated carbocycles. The molecule has 4 heteroatoms. The lowest BCUT2D eigenvalue weighted by Gasteiger charge is -2.05. The lowest BCUT2D eigenvalue weighted by atomic mass is 10.2. The number of aromatic nitrogens is 2. The van der Waals surface area contributed by atoms with Gasteiger partial charge in [-0.15, -0.1) is 0 Å². The van der Waals surface area contributed by atoms with Crippen LogP contribution < -0.4 is 10.1 Å². The molecule has 0 bridgehead atoms. The Labute approximate surface area is 117 Å². The van der Waals surface area contributed by atoms with Crippen LogP contribution in [0.5, 0.6) is 5.75 Å². The maximum Gasteiger partial charge on any atom is 0.126 e. The van der Waals surface area contributed by atoms with Gasteiger partial charge in [0.05, 0.1) is 24.7 Å². The second kappa shape index (κ2) is 5.25. The first kappa shape index (κ1) is 12.5. The van der Waals surface area contributed by atoms with Crippen molar-refractivity contribution in [3.05, 3.63) is 53.9 Å². The van der Waals surface area contributed by atoms with E-state index in [2.05, 4.69) is 34.3 Å². The smallest absolute Gasteiger partial charge is 0.126 e. The Morgan fingerprint density at radius 2 is 1.95 bits per heavy atom. The van der Waals surface area contributed by atoms with Crippen molar-refractivity contribution >= 4 is 16.7 Å². The highest BCUT2D eigenvalue weighted by molar-refractivity contribution is 5.75. The van der Waals surface area contributed by atoms with Gasteiger partial charge in [-0.3, -0.25) is 0 Å². The first-order chi connectivity index (χ1) is 9.74. The highest BCUT2D eigenvalue weighted by Gasteiger charge is 2.02. The molecule has 2 aromatic carbocycles. The first-order valence-electron chi connectivity index (χ1n) is 6.58. The molecule has 3 aromatic rings. The van der Waals surface area contributed by atoms with E-state index >= 15 is 0 Å². The van der Waals surface area contributed by atoms with Crippen LogP contribution in [0.2, 0.25) is 0 Å². The molecule has 1 aromatic heterocycles. The van der Waals surface area contributed by atoms with Crippen molar-refractivity contribution in [2.45, 2.75) is 13.5 Å². The lowest BCUT2D eigenvalue weighted by Crippen LogP contribution is -2.00. The second-order valence-corrected chi connectivity index (χ2v) is 4.79. The van der Waals surface area contributed by atoms with Gasteiger partial charge in [-0.2, -0.15) is 0 Å². The minimum absolute atomic E-state index is 0.667. The Morgan fingerprint density at radius 3 is 2.70 bits per heavy atom. The zero-order valence-electron chi connectivity index (χ0n) is 11.6. The molecule has 0 unspecified atom stereocenters. The van der Waals surface area contributed by atoms with E-state index < -0.39 is 0 Å². The van der Waals surface area contributed by atoms with Gasteiger partial charge in [-0.1, -0.05) is 6.07 Å². The maximum absolute atomic E-state index is 5.14. The average molecular weight is 267 g/mol. The molecule has 0 aliphatic heterocycles. The van der Waals surface area contributed by atoms with Crippen LogP contribution in [0.25, 0.3) is 11.0 Å². The Bertz CT molecular complexity index is 716. The number of methoxy groups -OCH3 is 1. The van der Waals surface area contributed by atoms with E-state index in [1.54, 1.807) is 7.11 Å². The van der Waals surface area contributed by atoms with E-state index in [0.29, 0.717) is 6.54 Å². The molecule has 102 valence electrons. The standard InChI is InChI=1S/C16H17N3O/c1-11-3-8-14-15(9-11)19-16(18-14)10-17-12-4-6-13(20-2)7-5-12/h3-9,17H,10H2,1-2H3,(H,18,19). The number of anilines is 1. The summed E-state index contributed by atoms with van der Waals surface area (Å²) in [6.07, 6.45) is 0. The summed E-state index contributed by atoms with van der Waals surface area (Å²) in [6, 6.07) is 14.1. The summed E-state index contributed by atoms with van der Waals surface area (Å²) in [5.74, 6) is 1.79. The van der Waals surface area contributed by atoms with Gasteiger partial charge >= 0.3 is 0 Å². The topological polar surface area (TPSA) is 49.9 Å². The van der Waals surface area contributed by atoms with E-state index in [4.69, 9.17) is 4.74 Å². The molecule has 20 heavy (non-hydrogen) atoms. The number of imidazole rings is 1. The van der Waals surface area contributed by atoms with Gasteiger partial charge < -0.3 is 15.0 Å². The SMILES string of the molecule is COc1ccc(NCc2nc3ccc(C)cc3[nH]2)cc1. The van der Waals surface area contributed by atoms with Crippen LogP contribution >= 0.6 is 0 Å². The number of nitrogens with one attached hydrogen (secondary N) is 2. The van der Waals surface area contributed by atoms with Crippen molar-refractivity contribution < 1.29 is 4.74 Å². The number of rotatable bonds is 4. The quantitative estimate of drug-likeness (QED) is 0.760. The lowest BCUT2D eigenvalue weighted by molar-refractivity contribution is 0.415. The molecule has 0 saturated heterocycles. The zero-order chi connectivity index (χ0) is 13.9. The van der Waals surface area contributed by atoms with Crippen molar-refractivity contribution in [1.29, 1.82) is 0 Å². The number of nitrogens with zero attached hydrogens (tertiary/aromatic N) is 1. The van der Waals surface area contributed by atoms with Crippen LogP contribution in [-0.2, 0) is 6.54 Å². The van der Waals surface area contributed by atoms with Gasteiger partial charge in [0.25, 0.3) is 0 Å². The molecule has 0 aliphatic carbocycles. The van der Waals surface area contributed by atoms with Crippen LogP contribution in [0, 0.1) is 6.92 Å². The molecule has 0 atom stereocenters. The third kappa shape index (κ3) is 2.59. The number of hydrogen-bond acceptors (Lipinski definition) is 3. The van der Waals surface area contributed by atoms with Gasteiger partial charge in [-0.25, -0.2) is 4.98 Å². The minimum Gasteiger partial charge on any atom is -0.497 e. The minimum atomic E-state index is 0.667. The number of aryl methyl sites for hydroxylation is 1.